The highest BCUT2D eigenvalue weighted by atomic mass is 79.9. The number of amides is 1. The highest BCUT2D eigenvalue weighted by Crippen LogP contribution is 2.32. The summed E-state index contributed by atoms with van der Waals surface area (Å²) < 4.78 is 14.1. The third-order valence-corrected chi connectivity index (χ3v) is 4.80. The number of carbonyl (C=O) groups is 2. The topological polar surface area (TPSA) is 57.6 Å². The maximum atomic E-state index is 13.8. The van der Waals surface area contributed by atoms with Gasteiger partial charge in [-0.05, 0) is 35.0 Å². The van der Waals surface area contributed by atoms with Crippen LogP contribution in [0, 0.1) is 5.82 Å². The molecule has 0 spiro atoms. The summed E-state index contributed by atoms with van der Waals surface area (Å²) in [6.45, 7) is 1.74. The van der Waals surface area contributed by atoms with Crippen LogP contribution in [0.2, 0.25) is 0 Å². The third-order valence-electron chi connectivity index (χ3n) is 2.92. The Kier molecular flexibility index (Phi) is 4.15. The molecule has 0 aromatic heterocycles. The van der Waals surface area contributed by atoms with E-state index in [0.717, 1.165) is 0 Å². The standard InChI is InChI=1S/C12H11BrFNO3S/c1-6-15(9(5-19-6)12(17)18)11(16)10-7(13)3-2-4-8(10)14/h2-4,6,9H,5H2,1H3,(H,17,18). The monoisotopic (exact) mass is 347 g/mol. The molecule has 0 radical (unpaired) electrons. The quantitative estimate of drug-likeness (QED) is 0.893. The van der Waals surface area contributed by atoms with Gasteiger partial charge in [-0.15, -0.1) is 11.8 Å². The van der Waals surface area contributed by atoms with Gasteiger partial charge in [0.1, 0.15) is 11.9 Å². The van der Waals surface area contributed by atoms with Crippen LogP contribution in [0.25, 0.3) is 0 Å². The molecule has 1 aromatic carbocycles. The molecule has 19 heavy (non-hydrogen) atoms. The first-order valence-electron chi connectivity index (χ1n) is 5.54. The molecule has 0 aliphatic carbocycles. The van der Waals surface area contributed by atoms with Gasteiger partial charge in [0.25, 0.3) is 5.91 Å². The fourth-order valence-electron chi connectivity index (χ4n) is 1.97. The summed E-state index contributed by atoms with van der Waals surface area (Å²) in [7, 11) is 0. The lowest BCUT2D eigenvalue weighted by Gasteiger charge is -2.25. The van der Waals surface area contributed by atoms with E-state index < -0.39 is 23.7 Å². The van der Waals surface area contributed by atoms with E-state index in [1.807, 2.05) is 0 Å². The Morgan fingerprint density at radius 2 is 2.21 bits per heavy atom. The number of halogens is 2. The zero-order valence-electron chi connectivity index (χ0n) is 9.97. The largest absolute Gasteiger partial charge is 0.480 e. The number of rotatable bonds is 2. The van der Waals surface area contributed by atoms with Gasteiger partial charge in [0, 0.05) is 10.2 Å². The second-order valence-corrected chi connectivity index (χ2v) is 6.30. The molecule has 1 saturated heterocycles. The average molecular weight is 348 g/mol. The van der Waals surface area contributed by atoms with Crippen LogP contribution in [0.15, 0.2) is 22.7 Å². The van der Waals surface area contributed by atoms with Gasteiger partial charge in [-0.25, -0.2) is 9.18 Å². The van der Waals surface area contributed by atoms with Crippen LogP contribution in [0.1, 0.15) is 17.3 Å². The van der Waals surface area contributed by atoms with E-state index in [0.29, 0.717) is 10.2 Å². The van der Waals surface area contributed by atoms with Crippen molar-refractivity contribution < 1.29 is 19.1 Å². The Bertz CT molecular complexity index is 519. The molecule has 1 fully saturated rings. The van der Waals surface area contributed by atoms with Gasteiger partial charge in [-0.2, -0.15) is 0 Å². The maximum absolute atomic E-state index is 13.8. The first kappa shape index (κ1) is 14.3. The molecule has 0 saturated carbocycles. The summed E-state index contributed by atoms with van der Waals surface area (Å²) in [5.41, 5.74) is -0.122. The molecule has 7 heteroatoms. The highest BCUT2D eigenvalue weighted by Gasteiger charge is 2.40. The van der Waals surface area contributed by atoms with Crippen LogP contribution in [0.5, 0.6) is 0 Å². The van der Waals surface area contributed by atoms with Crippen molar-refractivity contribution in [3.63, 3.8) is 0 Å². The van der Waals surface area contributed by atoms with Crippen molar-refractivity contribution in [2.45, 2.75) is 18.3 Å². The number of carboxylic acids is 1. The summed E-state index contributed by atoms with van der Waals surface area (Å²) in [6.07, 6.45) is 0. The molecule has 1 aliphatic rings. The lowest BCUT2D eigenvalue weighted by Crippen LogP contribution is -2.45. The smallest absolute Gasteiger partial charge is 0.327 e. The number of hydrogen-bond donors (Lipinski definition) is 1. The van der Waals surface area contributed by atoms with E-state index >= 15 is 0 Å². The van der Waals surface area contributed by atoms with Gasteiger partial charge in [0.2, 0.25) is 0 Å². The second kappa shape index (κ2) is 5.50. The van der Waals surface area contributed by atoms with Gasteiger partial charge >= 0.3 is 5.97 Å². The van der Waals surface area contributed by atoms with Crippen molar-refractivity contribution in [3.8, 4) is 0 Å². The van der Waals surface area contributed by atoms with Crippen LogP contribution >= 0.6 is 27.7 Å². The van der Waals surface area contributed by atoms with E-state index in [2.05, 4.69) is 15.9 Å². The molecular formula is C12H11BrFNO3S. The Morgan fingerprint density at radius 3 is 2.79 bits per heavy atom. The molecule has 2 rings (SSSR count). The fraction of sp³-hybridized carbons (Fsp3) is 0.333. The zero-order valence-corrected chi connectivity index (χ0v) is 12.4. The third kappa shape index (κ3) is 2.62. The van der Waals surface area contributed by atoms with E-state index in [-0.39, 0.29) is 10.9 Å². The highest BCUT2D eigenvalue weighted by molar-refractivity contribution is 9.10. The summed E-state index contributed by atoms with van der Waals surface area (Å²) >= 11 is 4.49. The fourth-order valence-corrected chi connectivity index (χ4v) is 3.65. The van der Waals surface area contributed by atoms with Crippen molar-refractivity contribution in [2.24, 2.45) is 0 Å². The molecule has 1 aromatic rings. The summed E-state index contributed by atoms with van der Waals surface area (Å²) in [6, 6.07) is 3.30. The number of benzene rings is 1. The summed E-state index contributed by atoms with van der Waals surface area (Å²) in [5.74, 6) is -2.02. The number of hydrogen-bond acceptors (Lipinski definition) is 3. The number of aliphatic carboxylic acids is 1. The van der Waals surface area contributed by atoms with Gasteiger partial charge in [0.05, 0.1) is 10.9 Å². The minimum Gasteiger partial charge on any atom is -0.480 e. The van der Waals surface area contributed by atoms with E-state index in [1.54, 1.807) is 13.0 Å². The minimum absolute atomic E-state index is 0.122. The van der Waals surface area contributed by atoms with E-state index in [9.17, 15) is 14.0 Å². The molecule has 1 heterocycles. The Morgan fingerprint density at radius 1 is 1.53 bits per heavy atom. The van der Waals surface area contributed by atoms with E-state index in [1.165, 1.54) is 28.8 Å². The molecule has 0 bridgehead atoms. The predicted octanol–water partition coefficient (Wildman–Crippen LogP) is 2.58. The van der Waals surface area contributed by atoms with Gasteiger partial charge in [-0.1, -0.05) is 6.07 Å². The number of carboxylic acid groups (broad SMARTS) is 1. The lowest BCUT2D eigenvalue weighted by molar-refractivity contribution is -0.141. The van der Waals surface area contributed by atoms with Gasteiger partial charge in [-0.3, -0.25) is 4.79 Å². The van der Waals surface area contributed by atoms with Crippen molar-refractivity contribution in [1.82, 2.24) is 4.90 Å². The van der Waals surface area contributed by atoms with Crippen LogP contribution in [-0.2, 0) is 4.79 Å². The number of thioether (sulfide) groups is 1. The molecule has 2 unspecified atom stereocenters. The molecule has 2 atom stereocenters. The molecule has 1 aliphatic heterocycles. The van der Waals surface area contributed by atoms with Crippen molar-refractivity contribution in [3.05, 3.63) is 34.1 Å². The van der Waals surface area contributed by atoms with Crippen molar-refractivity contribution >= 4 is 39.6 Å². The molecule has 4 nitrogen and oxygen atoms in total. The average Bonchev–Trinajstić information content (AvgIpc) is 2.70. The van der Waals surface area contributed by atoms with E-state index in [4.69, 9.17) is 5.11 Å². The van der Waals surface area contributed by atoms with Crippen LogP contribution < -0.4 is 0 Å². The van der Waals surface area contributed by atoms with Crippen LogP contribution in [0.3, 0.4) is 0 Å². The molecular weight excluding hydrogens is 337 g/mol. The van der Waals surface area contributed by atoms with Crippen LogP contribution in [-0.4, -0.2) is 39.1 Å². The normalized spacial score (nSPS) is 22.6. The predicted molar refractivity (Wildman–Crippen MR) is 73.6 cm³/mol. The van der Waals surface area contributed by atoms with Crippen LogP contribution in [0.4, 0.5) is 4.39 Å². The Balaban J connectivity index is 2.40. The molecule has 1 N–H and O–H groups in total. The SMILES string of the molecule is CC1SCC(C(=O)O)N1C(=O)c1c(F)cccc1Br. The molecule has 1 amide bonds. The lowest BCUT2D eigenvalue weighted by atomic mass is 10.1. The Hall–Kier alpha value is -1.08. The first-order valence-corrected chi connectivity index (χ1v) is 7.38. The number of nitrogens with zero attached hydrogens (tertiary/aromatic N) is 1. The summed E-state index contributed by atoms with van der Waals surface area (Å²) in [4.78, 5) is 24.8. The van der Waals surface area contributed by atoms with Crippen molar-refractivity contribution in [1.29, 1.82) is 0 Å². The zero-order chi connectivity index (χ0) is 14.2. The maximum Gasteiger partial charge on any atom is 0.327 e. The van der Waals surface area contributed by atoms with Crippen molar-refractivity contribution in [2.75, 3.05) is 5.75 Å². The summed E-state index contributed by atoms with van der Waals surface area (Å²) in [5, 5.41) is 8.83. The second-order valence-electron chi connectivity index (χ2n) is 4.10. The van der Waals surface area contributed by atoms with Gasteiger partial charge in [0.15, 0.2) is 0 Å². The van der Waals surface area contributed by atoms with Gasteiger partial charge < -0.3 is 10.0 Å². The Labute approximate surface area is 122 Å². The number of carbonyl (C=O) groups excluding carboxylic acids is 1. The minimum atomic E-state index is -1.07. The molecule has 102 valence electrons. The first-order chi connectivity index (χ1) is 8.93.